The number of nitrogens with zero attached hydrogens (tertiary/aromatic N) is 1. The van der Waals surface area contributed by atoms with E-state index < -0.39 is 5.97 Å². The molecule has 1 N–H and O–H groups in total. The van der Waals surface area contributed by atoms with E-state index in [1.54, 1.807) is 4.90 Å². The molecule has 0 saturated carbocycles. The molecule has 0 unspecified atom stereocenters. The predicted molar refractivity (Wildman–Crippen MR) is 75.4 cm³/mol. The van der Waals surface area contributed by atoms with Crippen LogP contribution >= 0.6 is 0 Å². The number of carbonyl (C=O) groups excluding carboxylic acids is 1. The van der Waals surface area contributed by atoms with Crippen molar-refractivity contribution in [1.29, 1.82) is 0 Å². The molecule has 0 radical (unpaired) electrons. The van der Waals surface area contributed by atoms with Crippen molar-refractivity contribution >= 4 is 17.6 Å². The van der Waals surface area contributed by atoms with Gasteiger partial charge in [0.25, 0.3) is 0 Å². The van der Waals surface area contributed by atoms with Crippen LogP contribution in [0.25, 0.3) is 0 Å². The Morgan fingerprint density at radius 3 is 2.37 bits per heavy atom. The first-order chi connectivity index (χ1) is 8.82. The van der Waals surface area contributed by atoms with E-state index in [-0.39, 0.29) is 24.8 Å². The molecule has 19 heavy (non-hydrogen) atoms. The summed E-state index contributed by atoms with van der Waals surface area (Å²) in [5, 5.41) is 8.81. The number of rotatable bonds is 5. The summed E-state index contributed by atoms with van der Waals surface area (Å²) in [5.41, 5.74) is 2.90. The van der Waals surface area contributed by atoms with E-state index in [1.165, 1.54) is 0 Å². The SMILES string of the molecule is Cc1ccc(N(CCC(=O)O)C(=O)C(C)C)c(C)c1. The van der Waals surface area contributed by atoms with Crippen LogP contribution in [0.2, 0.25) is 0 Å². The zero-order valence-corrected chi connectivity index (χ0v) is 11.9. The average molecular weight is 263 g/mol. The summed E-state index contributed by atoms with van der Waals surface area (Å²) in [6.45, 7) is 7.77. The summed E-state index contributed by atoms with van der Waals surface area (Å²) in [6, 6.07) is 5.81. The van der Waals surface area contributed by atoms with E-state index in [4.69, 9.17) is 5.11 Å². The van der Waals surface area contributed by atoms with Gasteiger partial charge in [-0.1, -0.05) is 31.5 Å². The molecular formula is C15H21NO3. The van der Waals surface area contributed by atoms with Gasteiger partial charge in [-0.3, -0.25) is 9.59 Å². The van der Waals surface area contributed by atoms with Gasteiger partial charge < -0.3 is 10.0 Å². The molecule has 1 rings (SSSR count). The average Bonchev–Trinajstić information content (AvgIpc) is 2.30. The molecule has 0 spiro atoms. The Kier molecular flexibility index (Phi) is 5.10. The molecule has 4 nitrogen and oxygen atoms in total. The van der Waals surface area contributed by atoms with Gasteiger partial charge in [0, 0.05) is 18.2 Å². The lowest BCUT2D eigenvalue weighted by Gasteiger charge is -2.26. The largest absolute Gasteiger partial charge is 0.481 e. The van der Waals surface area contributed by atoms with Gasteiger partial charge in [-0.25, -0.2) is 0 Å². The first-order valence-electron chi connectivity index (χ1n) is 6.43. The van der Waals surface area contributed by atoms with E-state index in [9.17, 15) is 9.59 Å². The van der Waals surface area contributed by atoms with Crippen molar-refractivity contribution in [2.75, 3.05) is 11.4 Å². The number of carboxylic acids is 1. The molecule has 1 amide bonds. The normalized spacial score (nSPS) is 10.6. The van der Waals surface area contributed by atoms with Crippen molar-refractivity contribution in [3.8, 4) is 0 Å². The van der Waals surface area contributed by atoms with Crippen LogP contribution in [0.1, 0.15) is 31.4 Å². The molecule has 1 aromatic rings. The molecule has 0 aromatic heterocycles. The molecule has 0 aliphatic rings. The topological polar surface area (TPSA) is 57.6 Å². The summed E-state index contributed by atoms with van der Waals surface area (Å²) in [7, 11) is 0. The van der Waals surface area contributed by atoms with E-state index in [1.807, 2.05) is 45.9 Å². The van der Waals surface area contributed by atoms with Crippen molar-refractivity contribution in [2.24, 2.45) is 5.92 Å². The fourth-order valence-corrected chi connectivity index (χ4v) is 1.98. The second-order valence-electron chi connectivity index (χ2n) is 5.08. The molecule has 0 fully saturated rings. The lowest BCUT2D eigenvalue weighted by atomic mass is 10.1. The minimum Gasteiger partial charge on any atom is -0.481 e. The van der Waals surface area contributed by atoms with Gasteiger partial charge in [0.05, 0.1) is 6.42 Å². The number of amides is 1. The van der Waals surface area contributed by atoms with E-state index in [0.29, 0.717) is 0 Å². The molecule has 104 valence electrons. The van der Waals surface area contributed by atoms with Crippen LogP contribution in [-0.4, -0.2) is 23.5 Å². The monoisotopic (exact) mass is 263 g/mol. The van der Waals surface area contributed by atoms with E-state index in [2.05, 4.69) is 0 Å². The Morgan fingerprint density at radius 2 is 1.89 bits per heavy atom. The van der Waals surface area contributed by atoms with E-state index >= 15 is 0 Å². The van der Waals surface area contributed by atoms with Crippen LogP contribution in [0.5, 0.6) is 0 Å². The third kappa shape index (κ3) is 4.09. The summed E-state index contributed by atoms with van der Waals surface area (Å²) in [6.07, 6.45) is -0.0498. The number of carbonyl (C=O) groups is 2. The third-order valence-electron chi connectivity index (χ3n) is 2.95. The molecule has 1 aromatic carbocycles. The number of benzene rings is 1. The fourth-order valence-electron chi connectivity index (χ4n) is 1.98. The van der Waals surface area contributed by atoms with Crippen molar-refractivity contribution in [3.05, 3.63) is 29.3 Å². The number of hydrogen-bond acceptors (Lipinski definition) is 2. The molecule has 0 aliphatic carbocycles. The number of carboxylic acid groups (broad SMARTS) is 1. The van der Waals surface area contributed by atoms with Crippen molar-refractivity contribution in [2.45, 2.75) is 34.1 Å². The molecule has 0 bridgehead atoms. The van der Waals surface area contributed by atoms with Crippen LogP contribution < -0.4 is 4.90 Å². The Hall–Kier alpha value is -1.84. The second kappa shape index (κ2) is 6.36. The van der Waals surface area contributed by atoms with Crippen LogP contribution in [-0.2, 0) is 9.59 Å². The minimum absolute atomic E-state index is 0.0480. The maximum atomic E-state index is 12.2. The van der Waals surface area contributed by atoms with Gasteiger partial charge in [0.15, 0.2) is 0 Å². The number of aryl methyl sites for hydroxylation is 2. The zero-order valence-electron chi connectivity index (χ0n) is 11.9. The van der Waals surface area contributed by atoms with Gasteiger partial charge in [0.1, 0.15) is 0 Å². The highest BCUT2D eigenvalue weighted by Gasteiger charge is 2.20. The lowest BCUT2D eigenvalue weighted by Crippen LogP contribution is -2.36. The molecule has 0 aliphatic heterocycles. The Morgan fingerprint density at radius 1 is 1.26 bits per heavy atom. The second-order valence-corrected chi connectivity index (χ2v) is 5.08. The lowest BCUT2D eigenvalue weighted by molar-refractivity contribution is -0.136. The number of hydrogen-bond donors (Lipinski definition) is 1. The Balaban J connectivity index is 3.07. The highest BCUT2D eigenvalue weighted by molar-refractivity contribution is 5.95. The molecule has 4 heteroatoms. The summed E-state index contributed by atoms with van der Waals surface area (Å²) < 4.78 is 0. The molecular weight excluding hydrogens is 242 g/mol. The smallest absolute Gasteiger partial charge is 0.305 e. The summed E-state index contributed by atoms with van der Waals surface area (Å²) >= 11 is 0. The first kappa shape index (κ1) is 15.2. The minimum atomic E-state index is -0.897. The number of anilines is 1. The van der Waals surface area contributed by atoms with Crippen LogP contribution in [0.15, 0.2) is 18.2 Å². The Labute approximate surface area is 114 Å². The molecule has 0 heterocycles. The third-order valence-corrected chi connectivity index (χ3v) is 2.95. The van der Waals surface area contributed by atoms with Crippen LogP contribution in [0.3, 0.4) is 0 Å². The number of aliphatic carboxylic acids is 1. The van der Waals surface area contributed by atoms with Crippen molar-refractivity contribution < 1.29 is 14.7 Å². The summed E-state index contributed by atoms with van der Waals surface area (Å²) in [4.78, 5) is 24.5. The van der Waals surface area contributed by atoms with Crippen molar-refractivity contribution in [1.82, 2.24) is 0 Å². The highest BCUT2D eigenvalue weighted by atomic mass is 16.4. The Bertz CT molecular complexity index is 480. The van der Waals surface area contributed by atoms with Crippen molar-refractivity contribution in [3.63, 3.8) is 0 Å². The molecule has 0 atom stereocenters. The maximum absolute atomic E-state index is 12.2. The highest BCUT2D eigenvalue weighted by Crippen LogP contribution is 2.23. The quantitative estimate of drug-likeness (QED) is 0.888. The maximum Gasteiger partial charge on any atom is 0.305 e. The van der Waals surface area contributed by atoms with Gasteiger partial charge in [-0.15, -0.1) is 0 Å². The standard InChI is InChI=1S/C15H21NO3/c1-10(2)15(19)16(8-7-14(17)18)13-6-5-11(3)9-12(13)4/h5-6,9-10H,7-8H2,1-4H3,(H,17,18). The van der Waals surface area contributed by atoms with Crippen LogP contribution in [0.4, 0.5) is 5.69 Å². The summed E-state index contributed by atoms with van der Waals surface area (Å²) in [5.74, 6) is -1.10. The van der Waals surface area contributed by atoms with Crippen LogP contribution in [0, 0.1) is 19.8 Å². The van der Waals surface area contributed by atoms with E-state index in [0.717, 1.165) is 16.8 Å². The van der Waals surface area contributed by atoms with Gasteiger partial charge in [-0.05, 0) is 25.5 Å². The van der Waals surface area contributed by atoms with Gasteiger partial charge in [-0.2, -0.15) is 0 Å². The first-order valence-corrected chi connectivity index (χ1v) is 6.43. The molecule has 0 saturated heterocycles. The predicted octanol–water partition coefficient (Wildman–Crippen LogP) is 2.77. The fraction of sp³-hybridized carbons (Fsp3) is 0.467. The zero-order chi connectivity index (χ0) is 14.6. The van der Waals surface area contributed by atoms with Gasteiger partial charge in [0.2, 0.25) is 5.91 Å². The van der Waals surface area contributed by atoms with Gasteiger partial charge >= 0.3 is 5.97 Å².